The van der Waals surface area contributed by atoms with Gasteiger partial charge in [0, 0.05) is 19.1 Å². The highest BCUT2D eigenvalue weighted by atomic mass is 79.9. The van der Waals surface area contributed by atoms with Crippen LogP contribution in [0.2, 0.25) is 0 Å². The number of anilines is 1. The first kappa shape index (κ1) is 16.7. The number of nitrogens with one attached hydrogen (secondary N) is 1. The van der Waals surface area contributed by atoms with Gasteiger partial charge in [-0.25, -0.2) is 9.97 Å². The molecule has 118 valence electrons. The van der Waals surface area contributed by atoms with Crippen molar-refractivity contribution >= 4 is 21.7 Å². The summed E-state index contributed by atoms with van der Waals surface area (Å²) in [6.07, 6.45) is 4.38. The lowest BCUT2D eigenvalue weighted by Gasteiger charge is -2.28. The van der Waals surface area contributed by atoms with Gasteiger partial charge >= 0.3 is 0 Å². The number of hydrogen-bond acceptors (Lipinski definition) is 4. The van der Waals surface area contributed by atoms with Gasteiger partial charge in [-0.05, 0) is 55.5 Å². The van der Waals surface area contributed by atoms with Crippen LogP contribution in [-0.4, -0.2) is 23.1 Å². The van der Waals surface area contributed by atoms with E-state index in [-0.39, 0.29) is 0 Å². The summed E-state index contributed by atoms with van der Waals surface area (Å²) in [5, 5.41) is 3.41. The van der Waals surface area contributed by atoms with Crippen LogP contribution in [0.25, 0.3) is 0 Å². The summed E-state index contributed by atoms with van der Waals surface area (Å²) in [5.74, 6) is 2.28. The molecule has 1 atom stereocenters. The van der Waals surface area contributed by atoms with E-state index in [9.17, 15) is 0 Å². The normalized spacial score (nSPS) is 17.6. The van der Waals surface area contributed by atoms with Crippen LogP contribution in [0.15, 0.2) is 4.47 Å². The standard InChI is InChI=1S/C16H26BrN3O/c1-5-10-18-14-12(17)13(11-8-9-11)19-15(20-14)16(4,6-2)21-7-3/h11H,5-10H2,1-4H3,(H,18,19,20). The van der Waals surface area contributed by atoms with Crippen molar-refractivity contribution in [3.63, 3.8) is 0 Å². The monoisotopic (exact) mass is 355 g/mol. The molecule has 0 saturated heterocycles. The topological polar surface area (TPSA) is 47.0 Å². The van der Waals surface area contributed by atoms with Crippen LogP contribution in [0, 0.1) is 0 Å². The molecule has 0 bridgehead atoms. The van der Waals surface area contributed by atoms with Crippen molar-refractivity contribution in [2.24, 2.45) is 0 Å². The van der Waals surface area contributed by atoms with Gasteiger partial charge in [0.2, 0.25) is 0 Å². The lowest BCUT2D eigenvalue weighted by Crippen LogP contribution is -2.29. The molecule has 1 unspecified atom stereocenters. The predicted octanol–water partition coefficient (Wildman–Crippen LogP) is 4.60. The molecule has 0 radical (unpaired) electrons. The van der Waals surface area contributed by atoms with Crippen LogP contribution in [0.1, 0.15) is 70.8 Å². The van der Waals surface area contributed by atoms with E-state index in [1.54, 1.807) is 0 Å². The Balaban J connectivity index is 2.42. The van der Waals surface area contributed by atoms with E-state index < -0.39 is 5.60 Å². The SMILES string of the molecule is CCCNc1nc(C(C)(CC)OCC)nc(C2CC2)c1Br. The maximum atomic E-state index is 5.95. The Morgan fingerprint density at radius 1 is 1.29 bits per heavy atom. The summed E-state index contributed by atoms with van der Waals surface area (Å²) < 4.78 is 6.98. The smallest absolute Gasteiger partial charge is 0.162 e. The molecule has 1 saturated carbocycles. The zero-order valence-corrected chi connectivity index (χ0v) is 15.1. The van der Waals surface area contributed by atoms with E-state index in [2.05, 4.69) is 42.0 Å². The van der Waals surface area contributed by atoms with Crippen molar-refractivity contribution in [3.05, 3.63) is 16.0 Å². The number of nitrogens with zero attached hydrogens (tertiary/aromatic N) is 2. The second-order valence-corrected chi connectivity index (χ2v) is 6.61. The van der Waals surface area contributed by atoms with Gasteiger partial charge in [-0.3, -0.25) is 0 Å². The number of rotatable bonds is 8. The first-order valence-corrected chi connectivity index (χ1v) is 8.80. The highest BCUT2D eigenvalue weighted by Gasteiger charge is 2.34. The van der Waals surface area contributed by atoms with Gasteiger partial charge in [-0.2, -0.15) is 0 Å². The third-order valence-corrected chi connectivity index (χ3v) is 4.78. The average molecular weight is 356 g/mol. The molecule has 1 heterocycles. The van der Waals surface area contributed by atoms with Crippen LogP contribution in [0.3, 0.4) is 0 Å². The Bertz CT molecular complexity index is 491. The molecule has 0 aliphatic heterocycles. The lowest BCUT2D eigenvalue weighted by molar-refractivity contribution is -0.0391. The van der Waals surface area contributed by atoms with Gasteiger partial charge in [0.05, 0.1) is 10.2 Å². The van der Waals surface area contributed by atoms with Crippen LogP contribution < -0.4 is 5.32 Å². The third-order valence-electron chi connectivity index (χ3n) is 3.99. The summed E-state index contributed by atoms with van der Waals surface area (Å²) >= 11 is 3.69. The lowest BCUT2D eigenvalue weighted by atomic mass is 10.0. The molecule has 0 amide bonds. The summed E-state index contributed by atoms with van der Waals surface area (Å²) in [6.45, 7) is 9.96. The summed E-state index contributed by atoms with van der Waals surface area (Å²) in [6, 6.07) is 0. The van der Waals surface area contributed by atoms with Crippen molar-refractivity contribution in [2.45, 2.75) is 64.9 Å². The van der Waals surface area contributed by atoms with E-state index >= 15 is 0 Å². The zero-order valence-electron chi connectivity index (χ0n) is 13.5. The number of hydrogen-bond donors (Lipinski definition) is 1. The van der Waals surface area contributed by atoms with E-state index in [1.807, 2.05) is 6.92 Å². The second kappa shape index (κ2) is 7.05. The van der Waals surface area contributed by atoms with Crippen molar-refractivity contribution in [1.29, 1.82) is 0 Å². The first-order chi connectivity index (χ1) is 10.1. The van der Waals surface area contributed by atoms with Gasteiger partial charge in [0.1, 0.15) is 11.4 Å². The van der Waals surface area contributed by atoms with Gasteiger partial charge in [-0.1, -0.05) is 13.8 Å². The van der Waals surface area contributed by atoms with E-state index in [4.69, 9.17) is 14.7 Å². The van der Waals surface area contributed by atoms with Crippen molar-refractivity contribution < 1.29 is 4.74 Å². The fraction of sp³-hybridized carbons (Fsp3) is 0.750. The highest BCUT2D eigenvalue weighted by molar-refractivity contribution is 9.10. The molecular weight excluding hydrogens is 330 g/mol. The second-order valence-electron chi connectivity index (χ2n) is 5.81. The van der Waals surface area contributed by atoms with Crippen molar-refractivity contribution in [1.82, 2.24) is 9.97 Å². The fourth-order valence-corrected chi connectivity index (χ4v) is 2.97. The van der Waals surface area contributed by atoms with Gasteiger partial charge < -0.3 is 10.1 Å². The number of ether oxygens (including phenoxy) is 1. The van der Waals surface area contributed by atoms with Crippen LogP contribution in [-0.2, 0) is 10.3 Å². The largest absolute Gasteiger partial charge is 0.369 e. The minimum absolute atomic E-state index is 0.415. The molecule has 2 rings (SSSR count). The summed E-state index contributed by atoms with van der Waals surface area (Å²) in [4.78, 5) is 9.59. The number of aromatic nitrogens is 2. The third kappa shape index (κ3) is 3.75. The molecule has 0 aromatic carbocycles. The molecule has 21 heavy (non-hydrogen) atoms. The van der Waals surface area contributed by atoms with E-state index in [1.165, 1.54) is 12.8 Å². The molecule has 1 fully saturated rings. The average Bonchev–Trinajstić information content (AvgIpc) is 3.30. The minimum atomic E-state index is -0.415. The summed E-state index contributed by atoms with van der Waals surface area (Å²) in [7, 11) is 0. The highest BCUT2D eigenvalue weighted by Crippen LogP contribution is 2.44. The molecular formula is C16H26BrN3O. The molecule has 1 aromatic heterocycles. The summed E-state index contributed by atoms with van der Waals surface area (Å²) in [5.41, 5.74) is 0.722. The molecule has 0 spiro atoms. The maximum Gasteiger partial charge on any atom is 0.162 e. The molecule has 1 aliphatic carbocycles. The zero-order chi connectivity index (χ0) is 15.5. The van der Waals surface area contributed by atoms with Gasteiger partial charge in [0.15, 0.2) is 5.82 Å². The molecule has 1 N–H and O–H groups in total. The Hall–Kier alpha value is -0.680. The Morgan fingerprint density at radius 2 is 2.00 bits per heavy atom. The Kier molecular flexibility index (Phi) is 5.60. The fourth-order valence-electron chi connectivity index (χ4n) is 2.33. The van der Waals surface area contributed by atoms with Crippen molar-refractivity contribution in [3.8, 4) is 0 Å². The number of halogens is 1. The van der Waals surface area contributed by atoms with Gasteiger partial charge in [-0.15, -0.1) is 0 Å². The minimum Gasteiger partial charge on any atom is -0.369 e. The predicted molar refractivity (Wildman–Crippen MR) is 89.8 cm³/mol. The van der Waals surface area contributed by atoms with Crippen LogP contribution in [0.5, 0.6) is 0 Å². The molecule has 1 aromatic rings. The molecule has 4 nitrogen and oxygen atoms in total. The van der Waals surface area contributed by atoms with E-state index in [0.717, 1.165) is 41.2 Å². The Labute approximate surface area is 136 Å². The van der Waals surface area contributed by atoms with Crippen molar-refractivity contribution in [2.75, 3.05) is 18.5 Å². The van der Waals surface area contributed by atoms with Crippen LogP contribution >= 0.6 is 15.9 Å². The van der Waals surface area contributed by atoms with E-state index in [0.29, 0.717) is 12.5 Å². The first-order valence-electron chi connectivity index (χ1n) is 8.01. The van der Waals surface area contributed by atoms with Crippen LogP contribution in [0.4, 0.5) is 5.82 Å². The maximum absolute atomic E-state index is 5.95. The molecule has 5 heteroatoms. The molecule has 1 aliphatic rings. The quantitative estimate of drug-likeness (QED) is 0.739. The Morgan fingerprint density at radius 3 is 2.52 bits per heavy atom. The van der Waals surface area contributed by atoms with Gasteiger partial charge in [0.25, 0.3) is 0 Å².